The van der Waals surface area contributed by atoms with E-state index in [1.807, 2.05) is 60.7 Å². The summed E-state index contributed by atoms with van der Waals surface area (Å²) in [5.41, 5.74) is 3.78. The number of nitrogens with one attached hydrogen (secondary N) is 1. The van der Waals surface area contributed by atoms with E-state index in [0.29, 0.717) is 23.6 Å². The number of hydrogen-bond donors (Lipinski definition) is 1. The van der Waals surface area contributed by atoms with Crippen LogP contribution in [0.4, 0.5) is 5.69 Å². The summed E-state index contributed by atoms with van der Waals surface area (Å²) in [6.45, 7) is 2.69. The molecule has 212 valence electrons. The number of anilines is 1. The van der Waals surface area contributed by atoms with Crippen LogP contribution >= 0.6 is 0 Å². The molecule has 41 heavy (non-hydrogen) atoms. The van der Waals surface area contributed by atoms with Crippen LogP contribution in [0.2, 0.25) is 0 Å². The normalized spacial score (nSPS) is 11.7. The second-order valence-corrected chi connectivity index (χ2v) is 11.6. The summed E-state index contributed by atoms with van der Waals surface area (Å²) in [4.78, 5) is 13.3. The highest BCUT2D eigenvalue weighted by Gasteiger charge is 2.28. The molecule has 0 saturated heterocycles. The van der Waals surface area contributed by atoms with E-state index in [2.05, 4.69) is 28.9 Å². The number of sulfonamides is 1. The van der Waals surface area contributed by atoms with E-state index >= 15 is 0 Å². The van der Waals surface area contributed by atoms with Crippen LogP contribution in [0.1, 0.15) is 12.5 Å². The number of nitrogens with zero attached hydrogens (tertiary/aromatic N) is 2. The minimum Gasteiger partial charge on any atom is -0.493 e. The Bertz CT molecular complexity index is 1800. The maximum absolute atomic E-state index is 13.8. The molecule has 0 aliphatic heterocycles. The van der Waals surface area contributed by atoms with Gasteiger partial charge in [-0.2, -0.15) is 4.31 Å². The first-order chi connectivity index (χ1) is 19.8. The van der Waals surface area contributed by atoms with Crippen LogP contribution in [0.25, 0.3) is 21.8 Å². The summed E-state index contributed by atoms with van der Waals surface area (Å²) in [6, 6.07) is 27.9. The molecule has 5 rings (SSSR count). The van der Waals surface area contributed by atoms with Gasteiger partial charge in [0.25, 0.3) is 0 Å². The number of benzene rings is 4. The number of methoxy groups -OCH3 is 2. The third-order valence-corrected chi connectivity index (χ3v) is 9.02. The van der Waals surface area contributed by atoms with E-state index in [4.69, 9.17) is 9.47 Å². The van der Waals surface area contributed by atoms with Crippen molar-refractivity contribution in [2.24, 2.45) is 0 Å². The van der Waals surface area contributed by atoms with E-state index in [9.17, 15) is 13.2 Å². The summed E-state index contributed by atoms with van der Waals surface area (Å²) >= 11 is 0. The van der Waals surface area contributed by atoms with Gasteiger partial charge in [-0.15, -0.1) is 0 Å². The molecule has 0 unspecified atom stereocenters. The zero-order valence-electron chi connectivity index (χ0n) is 23.3. The predicted molar refractivity (Wildman–Crippen MR) is 162 cm³/mol. The van der Waals surface area contributed by atoms with Crippen molar-refractivity contribution in [1.29, 1.82) is 0 Å². The smallest absolute Gasteiger partial charge is 0.243 e. The number of rotatable bonds is 11. The van der Waals surface area contributed by atoms with Gasteiger partial charge in [-0.3, -0.25) is 4.79 Å². The van der Waals surface area contributed by atoms with Crippen LogP contribution in [0.5, 0.6) is 11.5 Å². The van der Waals surface area contributed by atoms with E-state index in [1.165, 1.54) is 30.7 Å². The molecule has 1 heterocycles. The average Bonchev–Trinajstić information content (AvgIpc) is 3.32. The van der Waals surface area contributed by atoms with Crippen molar-refractivity contribution in [3.05, 3.63) is 96.6 Å². The fourth-order valence-electron chi connectivity index (χ4n) is 5.14. The topological polar surface area (TPSA) is 89.9 Å². The molecule has 8 nitrogen and oxygen atoms in total. The van der Waals surface area contributed by atoms with Gasteiger partial charge in [-0.1, -0.05) is 48.5 Å². The van der Waals surface area contributed by atoms with Gasteiger partial charge in [0.15, 0.2) is 11.5 Å². The Kier molecular flexibility index (Phi) is 8.28. The molecule has 0 aliphatic carbocycles. The SMILES string of the molecule is CCn1c2ccccc2c2cc(NC(=O)CN(CCc3ccccc3)S(=O)(=O)c3ccc(OC)c(OC)c3)ccc21. The lowest BCUT2D eigenvalue weighted by atomic mass is 10.1. The van der Waals surface area contributed by atoms with E-state index in [0.717, 1.165) is 33.9 Å². The number of ether oxygens (including phenoxy) is 2. The monoisotopic (exact) mass is 571 g/mol. The number of carbonyl (C=O) groups is 1. The van der Waals surface area contributed by atoms with Gasteiger partial charge in [-0.25, -0.2) is 8.42 Å². The first-order valence-corrected chi connectivity index (χ1v) is 14.9. The summed E-state index contributed by atoms with van der Waals surface area (Å²) in [6.07, 6.45) is 0.448. The van der Waals surface area contributed by atoms with Crippen LogP contribution in [0, 0.1) is 0 Å². The van der Waals surface area contributed by atoms with Gasteiger partial charge in [0.05, 0.1) is 25.7 Å². The lowest BCUT2D eigenvalue weighted by Gasteiger charge is -2.22. The highest BCUT2D eigenvalue weighted by atomic mass is 32.2. The van der Waals surface area contributed by atoms with Gasteiger partial charge < -0.3 is 19.4 Å². The second-order valence-electron chi connectivity index (χ2n) is 9.63. The van der Waals surface area contributed by atoms with Crippen molar-refractivity contribution in [3.63, 3.8) is 0 Å². The summed E-state index contributed by atoms with van der Waals surface area (Å²) in [7, 11) is -1.11. The van der Waals surface area contributed by atoms with Crippen molar-refractivity contribution in [2.75, 3.05) is 32.6 Å². The zero-order valence-corrected chi connectivity index (χ0v) is 24.1. The Morgan fingerprint density at radius 2 is 1.54 bits per heavy atom. The van der Waals surface area contributed by atoms with E-state index in [-0.39, 0.29) is 18.0 Å². The van der Waals surface area contributed by atoms with Crippen molar-refractivity contribution < 1.29 is 22.7 Å². The predicted octanol–water partition coefficient (Wildman–Crippen LogP) is 5.70. The maximum Gasteiger partial charge on any atom is 0.243 e. The van der Waals surface area contributed by atoms with Crippen LogP contribution in [0.15, 0.2) is 95.9 Å². The number of amides is 1. The Balaban J connectivity index is 1.43. The molecule has 0 fully saturated rings. The fraction of sp³-hybridized carbons (Fsp3) is 0.219. The molecule has 0 spiro atoms. The van der Waals surface area contributed by atoms with Crippen molar-refractivity contribution in [2.45, 2.75) is 24.8 Å². The summed E-state index contributed by atoms with van der Waals surface area (Å²) in [5.74, 6) is 0.279. The van der Waals surface area contributed by atoms with Crippen LogP contribution in [0.3, 0.4) is 0 Å². The minimum absolute atomic E-state index is 0.0183. The Labute approximate surface area is 240 Å². The number of aryl methyl sites for hydroxylation is 1. The Morgan fingerprint density at radius 3 is 2.27 bits per heavy atom. The third kappa shape index (κ3) is 5.77. The van der Waals surface area contributed by atoms with Gasteiger partial charge in [0.2, 0.25) is 15.9 Å². The van der Waals surface area contributed by atoms with E-state index < -0.39 is 15.9 Å². The van der Waals surface area contributed by atoms with Gasteiger partial charge in [-0.05, 0) is 55.3 Å². The molecular formula is C32H33N3O5S. The number of fused-ring (bicyclic) bond motifs is 3. The first-order valence-electron chi connectivity index (χ1n) is 13.4. The van der Waals surface area contributed by atoms with Crippen LogP contribution in [-0.2, 0) is 27.8 Å². The Morgan fingerprint density at radius 1 is 0.829 bits per heavy atom. The van der Waals surface area contributed by atoms with Crippen molar-refractivity contribution in [3.8, 4) is 11.5 Å². The van der Waals surface area contributed by atoms with Gasteiger partial charge in [0, 0.05) is 46.6 Å². The first kappa shape index (κ1) is 28.2. The molecule has 9 heteroatoms. The maximum atomic E-state index is 13.8. The van der Waals surface area contributed by atoms with Gasteiger partial charge >= 0.3 is 0 Å². The molecule has 5 aromatic rings. The quantitative estimate of drug-likeness (QED) is 0.220. The molecule has 4 aromatic carbocycles. The largest absolute Gasteiger partial charge is 0.493 e. The average molecular weight is 572 g/mol. The molecule has 0 aliphatic rings. The lowest BCUT2D eigenvalue weighted by Crippen LogP contribution is -2.39. The highest BCUT2D eigenvalue weighted by molar-refractivity contribution is 7.89. The lowest BCUT2D eigenvalue weighted by molar-refractivity contribution is -0.116. The Hall–Kier alpha value is -4.34. The number of aromatic nitrogens is 1. The van der Waals surface area contributed by atoms with Gasteiger partial charge in [0.1, 0.15) is 0 Å². The molecule has 0 saturated carbocycles. The molecule has 1 amide bonds. The second kappa shape index (κ2) is 12.0. The van der Waals surface area contributed by atoms with Crippen molar-refractivity contribution in [1.82, 2.24) is 8.87 Å². The highest BCUT2D eigenvalue weighted by Crippen LogP contribution is 2.32. The molecular weight excluding hydrogens is 538 g/mol. The number of carbonyl (C=O) groups excluding carboxylic acids is 1. The van der Waals surface area contributed by atoms with E-state index in [1.54, 1.807) is 6.07 Å². The molecule has 0 radical (unpaired) electrons. The summed E-state index contributed by atoms with van der Waals surface area (Å²) in [5, 5.41) is 5.05. The number of hydrogen-bond acceptors (Lipinski definition) is 5. The molecule has 0 atom stereocenters. The minimum atomic E-state index is -4.05. The van der Waals surface area contributed by atoms with Crippen LogP contribution < -0.4 is 14.8 Å². The standard InChI is InChI=1S/C32H33N3O5S/c1-4-35-28-13-9-8-12-26(28)27-20-24(14-16-29(27)35)33-32(36)22-34(19-18-23-10-6-5-7-11-23)41(37,38)25-15-17-30(39-2)31(21-25)40-3/h5-17,20-21H,4,18-19,22H2,1-3H3,(H,33,36). The van der Waals surface area contributed by atoms with Crippen LogP contribution in [-0.4, -0.2) is 50.5 Å². The number of para-hydroxylation sites is 1. The van der Waals surface area contributed by atoms with Crippen molar-refractivity contribution >= 4 is 43.4 Å². The summed E-state index contributed by atoms with van der Waals surface area (Å²) < 4.78 is 41.7. The third-order valence-electron chi connectivity index (χ3n) is 7.18. The molecule has 0 bridgehead atoms. The zero-order chi connectivity index (χ0) is 29.0. The molecule has 1 aromatic heterocycles. The molecule has 1 N–H and O–H groups in total. The fourth-order valence-corrected chi connectivity index (χ4v) is 6.55.